The fraction of sp³-hybridized carbons (Fsp3) is 0. The van der Waals surface area contributed by atoms with Crippen LogP contribution in [0.3, 0.4) is 0 Å². The Morgan fingerprint density at radius 1 is 0.750 bits per heavy atom. The van der Waals surface area contributed by atoms with Crippen LogP contribution >= 0.6 is 0 Å². The average Bonchev–Trinajstić information content (AvgIpc) is 2.23. The summed E-state index contributed by atoms with van der Waals surface area (Å²) in [6, 6.07) is 0.214. The Kier molecular flexibility index (Phi) is 4.01. The maximum atomic E-state index is 11.0. The molecular weight excluding hydrogens is 342 g/mol. The Labute approximate surface area is 112 Å². The Bertz CT molecular complexity index is 826. The van der Waals surface area contributed by atoms with Gasteiger partial charge in [-0.2, -0.15) is 25.3 Å². The van der Waals surface area contributed by atoms with Crippen LogP contribution in [0.2, 0.25) is 0 Å². The standard InChI is InChI=1S/C6H5NO10S3/c8-7-6-4(19(12,13)14)1-3(18(9,10)11)2-5(6)20(15,16)17/h1-2H,(H,9,10,11)(H,12,13,14)(H,15,16,17). The van der Waals surface area contributed by atoms with Crippen molar-refractivity contribution in [3.8, 4) is 0 Å². The first-order chi connectivity index (χ1) is 8.78. The van der Waals surface area contributed by atoms with Gasteiger partial charge < -0.3 is 0 Å². The van der Waals surface area contributed by atoms with E-state index in [4.69, 9.17) is 13.7 Å². The predicted octanol–water partition coefficient (Wildman–Crippen LogP) is -0.175. The molecule has 0 unspecified atom stereocenters. The van der Waals surface area contributed by atoms with Crippen molar-refractivity contribution in [1.29, 1.82) is 0 Å². The fourth-order valence-corrected chi connectivity index (χ4v) is 3.27. The van der Waals surface area contributed by atoms with E-state index in [1.807, 2.05) is 5.18 Å². The van der Waals surface area contributed by atoms with Crippen molar-refractivity contribution in [3.05, 3.63) is 17.0 Å². The quantitative estimate of drug-likeness (QED) is 0.486. The molecule has 0 spiro atoms. The minimum absolute atomic E-state index is 0.107. The summed E-state index contributed by atoms with van der Waals surface area (Å²) in [5.74, 6) is 0. The van der Waals surface area contributed by atoms with Crippen LogP contribution in [0.15, 0.2) is 32.0 Å². The maximum Gasteiger partial charge on any atom is 0.296 e. The second-order valence-electron chi connectivity index (χ2n) is 3.28. The zero-order chi connectivity index (χ0) is 15.9. The van der Waals surface area contributed by atoms with Gasteiger partial charge in [-0.3, -0.25) is 13.7 Å². The van der Waals surface area contributed by atoms with Crippen LogP contribution < -0.4 is 0 Å². The fourth-order valence-electron chi connectivity index (χ4n) is 1.19. The first-order valence-corrected chi connectivity index (χ1v) is 8.54. The Morgan fingerprint density at radius 2 is 1.10 bits per heavy atom. The van der Waals surface area contributed by atoms with E-state index in [-0.39, 0.29) is 12.1 Å². The molecule has 3 N–H and O–H groups in total. The molecule has 1 aromatic carbocycles. The second-order valence-corrected chi connectivity index (χ2v) is 7.49. The van der Waals surface area contributed by atoms with Crippen LogP contribution in [0.5, 0.6) is 0 Å². The SMILES string of the molecule is O=Nc1c(S(=O)(=O)O)cc(S(=O)(=O)O)cc1S(=O)(=O)O. The molecule has 0 aliphatic carbocycles. The smallest absolute Gasteiger partial charge is 0.282 e. The molecule has 0 aromatic heterocycles. The highest BCUT2D eigenvalue weighted by atomic mass is 32.2. The van der Waals surface area contributed by atoms with Crippen molar-refractivity contribution in [1.82, 2.24) is 0 Å². The molecule has 1 rings (SSSR count). The molecular formula is C6H5NO10S3. The first-order valence-electron chi connectivity index (χ1n) is 4.22. The number of hydrogen-bond donors (Lipinski definition) is 3. The molecule has 0 heterocycles. The summed E-state index contributed by atoms with van der Waals surface area (Å²) in [6.07, 6.45) is 0. The lowest BCUT2D eigenvalue weighted by Crippen LogP contribution is -2.08. The van der Waals surface area contributed by atoms with Gasteiger partial charge in [-0.25, -0.2) is 0 Å². The van der Waals surface area contributed by atoms with Crippen molar-refractivity contribution in [2.45, 2.75) is 14.7 Å². The summed E-state index contributed by atoms with van der Waals surface area (Å²) < 4.78 is 92.0. The minimum Gasteiger partial charge on any atom is -0.282 e. The van der Waals surface area contributed by atoms with Crippen molar-refractivity contribution < 1.29 is 38.9 Å². The van der Waals surface area contributed by atoms with Gasteiger partial charge in [0.05, 0.1) is 4.90 Å². The van der Waals surface area contributed by atoms with Gasteiger partial charge in [0, 0.05) is 0 Å². The molecule has 1 aromatic rings. The van der Waals surface area contributed by atoms with E-state index < -0.39 is 50.7 Å². The maximum absolute atomic E-state index is 11.0. The third-order valence-corrected chi connectivity index (χ3v) is 4.52. The molecule has 0 fully saturated rings. The van der Waals surface area contributed by atoms with E-state index in [0.717, 1.165) is 0 Å². The molecule has 0 saturated carbocycles. The number of nitrogens with zero attached hydrogens (tertiary/aromatic N) is 1. The molecule has 0 bridgehead atoms. The molecule has 0 radical (unpaired) electrons. The lowest BCUT2D eigenvalue weighted by Gasteiger charge is -2.07. The largest absolute Gasteiger partial charge is 0.296 e. The number of hydrogen-bond acceptors (Lipinski definition) is 8. The molecule has 20 heavy (non-hydrogen) atoms. The lowest BCUT2D eigenvalue weighted by molar-refractivity contribution is 0.479. The van der Waals surface area contributed by atoms with Crippen LogP contribution in [0.25, 0.3) is 0 Å². The van der Waals surface area contributed by atoms with E-state index in [0.29, 0.717) is 0 Å². The number of rotatable bonds is 4. The third-order valence-electron chi connectivity index (χ3n) is 1.96. The molecule has 0 amide bonds. The summed E-state index contributed by atoms with van der Waals surface area (Å²) in [6.45, 7) is 0. The Hall–Kier alpha value is -1.45. The van der Waals surface area contributed by atoms with Crippen LogP contribution in [0.4, 0.5) is 5.69 Å². The van der Waals surface area contributed by atoms with E-state index in [1.54, 1.807) is 0 Å². The van der Waals surface area contributed by atoms with E-state index in [2.05, 4.69) is 0 Å². The van der Waals surface area contributed by atoms with Crippen LogP contribution in [0.1, 0.15) is 0 Å². The van der Waals surface area contributed by atoms with Gasteiger partial charge >= 0.3 is 0 Å². The first kappa shape index (κ1) is 16.6. The van der Waals surface area contributed by atoms with Gasteiger partial charge in [-0.1, -0.05) is 0 Å². The zero-order valence-electron chi connectivity index (χ0n) is 9.03. The van der Waals surface area contributed by atoms with Crippen molar-refractivity contribution in [3.63, 3.8) is 0 Å². The summed E-state index contributed by atoms with van der Waals surface area (Å²) in [7, 11) is -15.6. The summed E-state index contributed by atoms with van der Waals surface area (Å²) >= 11 is 0. The van der Waals surface area contributed by atoms with Crippen LogP contribution in [-0.2, 0) is 30.4 Å². The minimum atomic E-state index is -5.26. The number of benzene rings is 1. The molecule has 112 valence electrons. The van der Waals surface area contributed by atoms with Gasteiger partial charge in [0.15, 0.2) is 0 Å². The predicted molar refractivity (Wildman–Crippen MR) is 61.3 cm³/mol. The van der Waals surface area contributed by atoms with Crippen molar-refractivity contribution in [2.75, 3.05) is 0 Å². The summed E-state index contributed by atoms with van der Waals surface area (Å²) in [5, 5.41) is 2.02. The molecule has 11 nitrogen and oxygen atoms in total. The van der Waals surface area contributed by atoms with E-state index in [9.17, 15) is 30.2 Å². The van der Waals surface area contributed by atoms with Gasteiger partial charge in [-0.05, 0) is 17.3 Å². The number of nitroso groups, excluding NO2 is 1. The normalized spacial score (nSPS) is 13.2. The molecule has 0 aliphatic rings. The Balaban J connectivity index is 4.11. The van der Waals surface area contributed by atoms with Crippen molar-refractivity contribution in [2.24, 2.45) is 5.18 Å². The zero-order valence-corrected chi connectivity index (χ0v) is 11.5. The molecule has 0 saturated heterocycles. The molecule has 0 atom stereocenters. The van der Waals surface area contributed by atoms with Crippen molar-refractivity contribution >= 4 is 36.0 Å². The van der Waals surface area contributed by atoms with Gasteiger partial charge in [0.25, 0.3) is 30.4 Å². The summed E-state index contributed by atoms with van der Waals surface area (Å²) in [4.78, 5) is 6.19. The third kappa shape index (κ3) is 3.35. The van der Waals surface area contributed by atoms with E-state index >= 15 is 0 Å². The highest BCUT2D eigenvalue weighted by Crippen LogP contribution is 2.34. The van der Waals surface area contributed by atoms with Gasteiger partial charge in [0.2, 0.25) is 0 Å². The van der Waals surface area contributed by atoms with Crippen LogP contribution in [0, 0.1) is 4.91 Å². The van der Waals surface area contributed by atoms with E-state index in [1.165, 1.54) is 0 Å². The topological polar surface area (TPSA) is 193 Å². The highest BCUT2D eigenvalue weighted by Gasteiger charge is 2.29. The molecule has 0 aliphatic heterocycles. The van der Waals surface area contributed by atoms with Crippen LogP contribution in [-0.4, -0.2) is 38.9 Å². The lowest BCUT2D eigenvalue weighted by atomic mass is 10.3. The summed E-state index contributed by atoms with van der Waals surface area (Å²) in [5.41, 5.74) is -1.43. The van der Waals surface area contributed by atoms with Gasteiger partial charge in [-0.15, -0.1) is 4.91 Å². The van der Waals surface area contributed by atoms with Gasteiger partial charge in [0.1, 0.15) is 15.5 Å². The monoisotopic (exact) mass is 347 g/mol. The second kappa shape index (κ2) is 4.83. The highest BCUT2D eigenvalue weighted by molar-refractivity contribution is 7.87. The molecule has 14 heteroatoms. The average molecular weight is 347 g/mol. The Morgan fingerprint density at radius 3 is 1.30 bits per heavy atom.